The summed E-state index contributed by atoms with van der Waals surface area (Å²) in [6.07, 6.45) is 4.83. The molecule has 0 bridgehead atoms. The number of likely N-dealkylation sites (tertiary alicyclic amines) is 1. The third-order valence-electron chi connectivity index (χ3n) is 4.05. The second kappa shape index (κ2) is 7.41. The summed E-state index contributed by atoms with van der Waals surface area (Å²) in [7, 11) is 4.21. The molecule has 1 aromatic rings. The minimum atomic E-state index is 0.0988. The molecule has 5 heteroatoms. The summed E-state index contributed by atoms with van der Waals surface area (Å²) in [5.41, 5.74) is 0.681. The highest BCUT2D eigenvalue weighted by atomic mass is 16.2. The predicted molar refractivity (Wildman–Crippen MR) is 85.6 cm³/mol. The Morgan fingerprint density at radius 2 is 2.10 bits per heavy atom. The first-order valence-electron chi connectivity index (χ1n) is 7.77. The van der Waals surface area contributed by atoms with Crippen LogP contribution in [0.3, 0.4) is 0 Å². The SMILES string of the molecule is CCCNc1ccc(C(=O)N2CCC(N(C)C)CC2)cn1. The molecule has 21 heavy (non-hydrogen) atoms. The van der Waals surface area contributed by atoms with E-state index in [4.69, 9.17) is 0 Å². The molecule has 0 aromatic carbocycles. The lowest BCUT2D eigenvalue weighted by Crippen LogP contribution is -2.44. The highest BCUT2D eigenvalue weighted by molar-refractivity contribution is 5.94. The van der Waals surface area contributed by atoms with Crippen molar-refractivity contribution in [2.75, 3.05) is 39.0 Å². The molecule has 1 fully saturated rings. The Bertz CT molecular complexity index is 450. The van der Waals surface area contributed by atoms with Crippen molar-refractivity contribution in [3.63, 3.8) is 0 Å². The maximum atomic E-state index is 12.5. The molecule has 0 radical (unpaired) electrons. The summed E-state index contributed by atoms with van der Waals surface area (Å²) in [5, 5.41) is 3.22. The normalized spacial score (nSPS) is 16.3. The van der Waals surface area contributed by atoms with Gasteiger partial charge in [-0.05, 0) is 45.5 Å². The van der Waals surface area contributed by atoms with Crippen LogP contribution in [0, 0.1) is 0 Å². The van der Waals surface area contributed by atoms with Gasteiger partial charge in [0.2, 0.25) is 0 Å². The Hall–Kier alpha value is -1.62. The summed E-state index contributed by atoms with van der Waals surface area (Å²) in [5.74, 6) is 0.932. The predicted octanol–water partition coefficient (Wildman–Crippen LogP) is 2.07. The van der Waals surface area contributed by atoms with E-state index in [0.29, 0.717) is 11.6 Å². The average molecular weight is 290 g/mol. The molecule has 2 rings (SSSR count). The van der Waals surface area contributed by atoms with Gasteiger partial charge < -0.3 is 15.1 Å². The third-order valence-corrected chi connectivity index (χ3v) is 4.05. The van der Waals surface area contributed by atoms with E-state index in [9.17, 15) is 4.79 Å². The minimum Gasteiger partial charge on any atom is -0.370 e. The van der Waals surface area contributed by atoms with E-state index in [1.54, 1.807) is 6.20 Å². The topological polar surface area (TPSA) is 48.5 Å². The molecule has 1 saturated heterocycles. The Kier molecular flexibility index (Phi) is 5.56. The van der Waals surface area contributed by atoms with Crippen LogP contribution in [0.15, 0.2) is 18.3 Å². The molecule has 0 atom stereocenters. The molecular weight excluding hydrogens is 264 g/mol. The van der Waals surface area contributed by atoms with Crippen molar-refractivity contribution in [2.45, 2.75) is 32.2 Å². The first-order chi connectivity index (χ1) is 10.1. The standard InChI is InChI=1S/C16H26N4O/c1-4-9-17-15-6-5-13(12-18-15)16(21)20-10-7-14(8-11-20)19(2)3/h5-6,12,14H,4,7-11H2,1-3H3,(H,17,18). The number of piperidine rings is 1. The lowest BCUT2D eigenvalue weighted by Gasteiger charge is -2.35. The van der Waals surface area contributed by atoms with Gasteiger partial charge in [0, 0.05) is 31.9 Å². The fourth-order valence-corrected chi connectivity index (χ4v) is 2.65. The van der Waals surface area contributed by atoms with E-state index in [-0.39, 0.29) is 5.91 Å². The molecule has 0 saturated carbocycles. The number of carbonyl (C=O) groups is 1. The van der Waals surface area contributed by atoms with Crippen LogP contribution in [-0.4, -0.2) is 60.5 Å². The molecule has 2 heterocycles. The first-order valence-corrected chi connectivity index (χ1v) is 7.77. The van der Waals surface area contributed by atoms with Gasteiger partial charge in [0.15, 0.2) is 0 Å². The summed E-state index contributed by atoms with van der Waals surface area (Å²) in [6, 6.07) is 4.34. The van der Waals surface area contributed by atoms with Crippen LogP contribution in [0.1, 0.15) is 36.5 Å². The number of aromatic nitrogens is 1. The van der Waals surface area contributed by atoms with Crippen LogP contribution in [0.2, 0.25) is 0 Å². The smallest absolute Gasteiger partial charge is 0.255 e. The third kappa shape index (κ3) is 4.17. The van der Waals surface area contributed by atoms with Crippen LogP contribution < -0.4 is 5.32 Å². The van der Waals surface area contributed by atoms with Crippen molar-refractivity contribution < 1.29 is 4.79 Å². The molecule has 0 aliphatic carbocycles. The van der Waals surface area contributed by atoms with Crippen molar-refractivity contribution in [1.29, 1.82) is 0 Å². The zero-order valence-electron chi connectivity index (χ0n) is 13.3. The fourth-order valence-electron chi connectivity index (χ4n) is 2.65. The largest absolute Gasteiger partial charge is 0.370 e. The Morgan fingerprint density at radius 3 is 2.62 bits per heavy atom. The first kappa shape index (κ1) is 15.8. The zero-order valence-corrected chi connectivity index (χ0v) is 13.3. The van der Waals surface area contributed by atoms with Gasteiger partial charge in [-0.25, -0.2) is 4.98 Å². The summed E-state index contributed by atoms with van der Waals surface area (Å²) >= 11 is 0. The maximum absolute atomic E-state index is 12.5. The number of hydrogen-bond acceptors (Lipinski definition) is 4. The van der Waals surface area contributed by atoms with Gasteiger partial charge in [0.05, 0.1) is 5.56 Å². The van der Waals surface area contributed by atoms with Gasteiger partial charge in [-0.15, -0.1) is 0 Å². The molecule has 1 aliphatic heterocycles. The van der Waals surface area contributed by atoms with Gasteiger partial charge >= 0.3 is 0 Å². The van der Waals surface area contributed by atoms with Gasteiger partial charge in [-0.2, -0.15) is 0 Å². The van der Waals surface area contributed by atoms with Gasteiger partial charge in [0.1, 0.15) is 5.82 Å². The zero-order chi connectivity index (χ0) is 15.2. The molecule has 1 aromatic heterocycles. The van der Waals surface area contributed by atoms with Crippen LogP contribution in [0.4, 0.5) is 5.82 Å². The van der Waals surface area contributed by atoms with E-state index in [1.165, 1.54) is 0 Å². The number of hydrogen-bond donors (Lipinski definition) is 1. The van der Waals surface area contributed by atoms with Crippen molar-refractivity contribution in [3.8, 4) is 0 Å². The van der Waals surface area contributed by atoms with Crippen LogP contribution >= 0.6 is 0 Å². The number of rotatable bonds is 5. The molecule has 116 valence electrons. The second-order valence-corrected chi connectivity index (χ2v) is 5.85. The molecule has 1 amide bonds. The van der Waals surface area contributed by atoms with E-state index < -0.39 is 0 Å². The Morgan fingerprint density at radius 1 is 1.38 bits per heavy atom. The molecular formula is C16H26N4O. The van der Waals surface area contributed by atoms with E-state index in [1.807, 2.05) is 17.0 Å². The van der Waals surface area contributed by atoms with Crippen LogP contribution in [0.25, 0.3) is 0 Å². The van der Waals surface area contributed by atoms with E-state index in [2.05, 4.69) is 36.2 Å². The van der Waals surface area contributed by atoms with E-state index in [0.717, 1.165) is 44.7 Å². The molecule has 1 N–H and O–H groups in total. The lowest BCUT2D eigenvalue weighted by molar-refractivity contribution is 0.0663. The Balaban J connectivity index is 1.91. The number of carbonyl (C=O) groups excluding carboxylic acids is 1. The Labute approximate surface area is 127 Å². The quantitative estimate of drug-likeness (QED) is 0.902. The molecule has 1 aliphatic rings. The monoisotopic (exact) mass is 290 g/mol. The fraction of sp³-hybridized carbons (Fsp3) is 0.625. The molecule has 0 unspecified atom stereocenters. The summed E-state index contributed by atoms with van der Waals surface area (Å²) in [4.78, 5) is 21.0. The summed E-state index contributed by atoms with van der Waals surface area (Å²) in [6.45, 7) is 4.68. The van der Waals surface area contributed by atoms with Crippen molar-refractivity contribution in [1.82, 2.24) is 14.8 Å². The maximum Gasteiger partial charge on any atom is 0.255 e. The van der Waals surface area contributed by atoms with Gasteiger partial charge in [-0.1, -0.05) is 6.92 Å². The molecule has 5 nitrogen and oxygen atoms in total. The summed E-state index contributed by atoms with van der Waals surface area (Å²) < 4.78 is 0. The number of pyridine rings is 1. The highest BCUT2D eigenvalue weighted by Crippen LogP contribution is 2.17. The highest BCUT2D eigenvalue weighted by Gasteiger charge is 2.24. The number of nitrogens with one attached hydrogen (secondary N) is 1. The van der Waals surface area contributed by atoms with E-state index >= 15 is 0 Å². The van der Waals surface area contributed by atoms with Gasteiger partial charge in [0.25, 0.3) is 5.91 Å². The van der Waals surface area contributed by atoms with Crippen molar-refractivity contribution in [2.24, 2.45) is 0 Å². The van der Waals surface area contributed by atoms with Crippen LogP contribution in [0.5, 0.6) is 0 Å². The second-order valence-electron chi connectivity index (χ2n) is 5.85. The lowest BCUT2D eigenvalue weighted by atomic mass is 10.0. The number of anilines is 1. The van der Waals surface area contributed by atoms with Crippen molar-refractivity contribution in [3.05, 3.63) is 23.9 Å². The average Bonchev–Trinajstić information content (AvgIpc) is 2.53. The minimum absolute atomic E-state index is 0.0988. The number of nitrogens with zero attached hydrogens (tertiary/aromatic N) is 3. The van der Waals surface area contributed by atoms with Crippen LogP contribution in [-0.2, 0) is 0 Å². The van der Waals surface area contributed by atoms with Crippen molar-refractivity contribution >= 4 is 11.7 Å². The number of amides is 1. The van der Waals surface area contributed by atoms with Gasteiger partial charge in [-0.3, -0.25) is 4.79 Å². The molecule has 0 spiro atoms.